The van der Waals surface area contributed by atoms with Crippen LogP contribution in [0, 0.1) is 11.6 Å². The maximum absolute atomic E-state index is 13.9. The van der Waals surface area contributed by atoms with Gasteiger partial charge >= 0.3 is 0 Å². The molecule has 0 saturated carbocycles. The molecule has 0 saturated heterocycles. The lowest BCUT2D eigenvalue weighted by atomic mass is 10.2. The van der Waals surface area contributed by atoms with Crippen LogP contribution in [0.1, 0.15) is 18.9 Å². The van der Waals surface area contributed by atoms with Crippen molar-refractivity contribution in [1.82, 2.24) is 5.32 Å². The largest absolute Gasteiger partial charge is 0.457 e. The molecule has 0 fully saturated rings. The molecule has 2 aromatic rings. The van der Waals surface area contributed by atoms with Gasteiger partial charge in [0, 0.05) is 22.6 Å². The highest BCUT2D eigenvalue weighted by atomic mass is 79.9. The van der Waals surface area contributed by atoms with E-state index in [1.807, 2.05) is 6.92 Å². The lowest BCUT2D eigenvalue weighted by Crippen LogP contribution is -2.15. The first-order valence-corrected chi connectivity index (χ1v) is 7.51. The van der Waals surface area contributed by atoms with Crippen molar-refractivity contribution in [2.75, 3.05) is 6.54 Å². The predicted octanol–water partition coefficient (Wildman–Crippen LogP) is 5.02. The summed E-state index contributed by atoms with van der Waals surface area (Å²) in [6.45, 7) is 3.20. The summed E-state index contributed by atoms with van der Waals surface area (Å²) in [7, 11) is 0. The van der Waals surface area contributed by atoms with Crippen LogP contribution in [0.4, 0.5) is 8.78 Å². The summed E-state index contributed by atoms with van der Waals surface area (Å²) in [4.78, 5) is 0. The number of halogens is 3. The minimum absolute atomic E-state index is 0.323. The van der Waals surface area contributed by atoms with E-state index in [4.69, 9.17) is 4.74 Å². The van der Waals surface area contributed by atoms with E-state index in [1.54, 1.807) is 18.2 Å². The maximum atomic E-state index is 13.9. The molecule has 5 heteroatoms. The smallest absolute Gasteiger partial charge is 0.134 e. The number of rotatable bonds is 6. The molecule has 0 aromatic heterocycles. The average molecular weight is 356 g/mol. The first kappa shape index (κ1) is 15.9. The average Bonchev–Trinajstić information content (AvgIpc) is 2.41. The Bertz CT molecular complexity index is 599. The van der Waals surface area contributed by atoms with Crippen molar-refractivity contribution in [3.63, 3.8) is 0 Å². The third-order valence-electron chi connectivity index (χ3n) is 2.87. The first-order chi connectivity index (χ1) is 10.1. The Morgan fingerprint density at radius 3 is 2.71 bits per heavy atom. The number of hydrogen-bond donors (Lipinski definition) is 1. The second kappa shape index (κ2) is 7.52. The lowest BCUT2D eigenvalue weighted by Gasteiger charge is -2.13. The quantitative estimate of drug-likeness (QED) is 0.734. The molecule has 0 spiro atoms. The molecule has 0 aliphatic carbocycles. The summed E-state index contributed by atoms with van der Waals surface area (Å²) in [5.41, 5.74) is 0.436. The Kier molecular flexibility index (Phi) is 5.70. The molecule has 21 heavy (non-hydrogen) atoms. The Balaban J connectivity index is 2.24. The van der Waals surface area contributed by atoms with Gasteiger partial charge in [0.15, 0.2) is 0 Å². The minimum Gasteiger partial charge on any atom is -0.457 e. The maximum Gasteiger partial charge on any atom is 0.134 e. The Labute approximate surface area is 131 Å². The van der Waals surface area contributed by atoms with Crippen molar-refractivity contribution >= 4 is 15.9 Å². The monoisotopic (exact) mass is 355 g/mol. The van der Waals surface area contributed by atoms with Crippen molar-refractivity contribution in [1.29, 1.82) is 0 Å². The molecular formula is C16H16BrF2NO. The van der Waals surface area contributed by atoms with Crippen molar-refractivity contribution in [2.24, 2.45) is 0 Å². The highest BCUT2D eigenvalue weighted by Gasteiger charge is 2.11. The molecule has 112 valence electrons. The molecule has 0 heterocycles. The van der Waals surface area contributed by atoms with Crippen LogP contribution in [-0.2, 0) is 6.54 Å². The topological polar surface area (TPSA) is 21.3 Å². The second-order valence-corrected chi connectivity index (χ2v) is 5.52. The van der Waals surface area contributed by atoms with Gasteiger partial charge in [0.1, 0.15) is 23.1 Å². The van der Waals surface area contributed by atoms with E-state index in [0.29, 0.717) is 28.1 Å². The van der Waals surface area contributed by atoms with Crippen molar-refractivity contribution in [3.8, 4) is 11.5 Å². The van der Waals surface area contributed by atoms with Crippen LogP contribution in [0.3, 0.4) is 0 Å². The predicted molar refractivity (Wildman–Crippen MR) is 82.6 cm³/mol. The van der Waals surface area contributed by atoms with Gasteiger partial charge in [-0.05, 0) is 37.2 Å². The fourth-order valence-corrected chi connectivity index (χ4v) is 2.35. The fourth-order valence-electron chi connectivity index (χ4n) is 1.91. The number of benzene rings is 2. The van der Waals surface area contributed by atoms with Crippen LogP contribution >= 0.6 is 15.9 Å². The fraction of sp³-hybridized carbons (Fsp3) is 0.250. The molecule has 0 atom stereocenters. The summed E-state index contributed by atoms with van der Waals surface area (Å²) in [5.74, 6) is -0.0478. The molecule has 0 aliphatic heterocycles. The van der Waals surface area contributed by atoms with Crippen LogP contribution in [0.15, 0.2) is 40.9 Å². The van der Waals surface area contributed by atoms with Gasteiger partial charge in [0.05, 0.1) is 0 Å². The van der Waals surface area contributed by atoms with E-state index in [-0.39, 0.29) is 5.82 Å². The zero-order valence-electron chi connectivity index (χ0n) is 11.6. The van der Waals surface area contributed by atoms with Crippen molar-refractivity contribution in [3.05, 3.63) is 58.1 Å². The SMILES string of the molecule is CCCNCc1c(F)cccc1Oc1cc(F)cc(Br)c1. The summed E-state index contributed by atoms with van der Waals surface area (Å²) in [6.07, 6.45) is 0.960. The Morgan fingerprint density at radius 2 is 2.00 bits per heavy atom. The van der Waals surface area contributed by atoms with Crippen LogP contribution in [0.5, 0.6) is 11.5 Å². The normalized spacial score (nSPS) is 10.7. The number of nitrogens with one attached hydrogen (secondary N) is 1. The van der Waals surface area contributed by atoms with E-state index in [2.05, 4.69) is 21.2 Å². The van der Waals surface area contributed by atoms with Gasteiger partial charge in [0.25, 0.3) is 0 Å². The molecule has 0 radical (unpaired) electrons. The van der Waals surface area contributed by atoms with Crippen LogP contribution in [-0.4, -0.2) is 6.54 Å². The molecular weight excluding hydrogens is 340 g/mol. The highest BCUT2D eigenvalue weighted by Crippen LogP contribution is 2.29. The third kappa shape index (κ3) is 4.51. The lowest BCUT2D eigenvalue weighted by molar-refractivity contribution is 0.457. The van der Waals surface area contributed by atoms with Crippen LogP contribution < -0.4 is 10.1 Å². The van der Waals surface area contributed by atoms with Gasteiger partial charge in [-0.3, -0.25) is 0 Å². The zero-order chi connectivity index (χ0) is 15.2. The summed E-state index contributed by atoms with van der Waals surface area (Å²) in [6, 6.07) is 8.86. The van der Waals surface area contributed by atoms with Gasteiger partial charge in [-0.1, -0.05) is 28.9 Å². The molecule has 0 amide bonds. The Hall–Kier alpha value is -1.46. The summed E-state index contributed by atoms with van der Waals surface area (Å²) < 4.78 is 33.5. The molecule has 1 N–H and O–H groups in total. The van der Waals surface area contributed by atoms with Crippen LogP contribution in [0.25, 0.3) is 0 Å². The zero-order valence-corrected chi connectivity index (χ0v) is 13.2. The van der Waals surface area contributed by atoms with Gasteiger partial charge in [0.2, 0.25) is 0 Å². The van der Waals surface area contributed by atoms with E-state index < -0.39 is 5.82 Å². The summed E-state index contributed by atoms with van der Waals surface area (Å²) >= 11 is 3.20. The van der Waals surface area contributed by atoms with Gasteiger partial charge in [-0.2, -0.15) is 0 Å². The van der Waals surface area contributed by atoms with E-state index in [9.17, 15) is 8.78 Å². The molecule has 0 bridgehead atoms. The molecule has 2 nitrogen and oxygen atoms in total. The van der Waals surface area contributed by atoms with Gasteiger partial charge in [-0.15, -0.1) is 0 Å². The van der Waals surface area contributed by atoms with Crippen molar-refractivity contribution < 1.29 is 13.5 Å². The van der Waals surface area contributed by atoms with Gasteiger partial charge in [-0.25, -0.2) is 8.78 Å². The minimum atomic E-state index is -0.415. The van der Waals surface area contributed by atoms with Crippen LogP contribution in [0.2, 0.25) is 0 Å². The molecule has 2 aromatic carbocycles. The highest BCUT2D eigenvalue weighted by molar-refractivity contribution is 9.10. The molecule has 0 aliphatic rings. The second-order valence-electron chi connectivity index (χ2n) is 4.60. The molecule has 2 rings (SSSR count). The van der Waals surface area contributed by atoms with E-state index in [1.165, 1.54) is 18.2 Å². The number of ether oxygens (including phenoxy) is 1. The van der Waals surface area contributed by atoms with Gasteiger partial charge < -0.3 is 10.1 Å². The standard InChI is InChI=1S/C16H16BrF2NO/c1-2-6-20-10-14-15(19)4-3-5-16(14)21-13-8-11(17)7-12(18)9-13/h3-5,7-9,20H,2,6,10H2,1H3. The van der Waals surface area contributed by atoms with E-state index in [0.717, 1.165) is 13.0 Å². The summed E-state index contributed by atoms with van der Waals surface area (Å²) in [5, 5.41) is 3.14. The van der Waals surface area contributed by atoms with E-state index >= 15 is 0 Å². The Morgan fingerprint density at radius 1 is 1.19 bits per heavy atom. The first-order valence-electron chi connectivity index (χ1n) is 6.72. The van der Waals surface area contributed by atoms with Crippen molar-refractivity contribution in [2.45, 2.75) is 19.9 Å². The number of hydrogen-bond acceptors (Lipinski definition) is 2. The molecule has 0 unspecified atom stereocenters. The third-order valence-corrected chi connectivity index (χ3v) is 3.33.